The molecule has 0 fully saturated rings. The molecular formula is C16H19NO3. The molecule has 1 aromatic carbocycles. The van der Waals surface area contributed by atoms with Gasteiger partial charge in [-0.2, -0.15) is 0 Å². The zero-order valence-electron chi connectivity index (χ0n) is 11.7. The first-order chi connectivity index (χ1) is 9.65. The number of hydrogen-bond donors (Lipinski definition) is 2. The highest BCUT2D eigenvalue weighted by Gasteiger charge is 2.17. The molecule has 1 heterocycles. The van der Waals surface area contributed by atoms with E-state index in [1.807, 2.05) is 24.3 Å². The molecule has 0 aliphatic heterocycles. The number of hydrogen-bond acceptors (Lipinski definition) is 3. The molecule has 0 radical (unpaired) electrons. The number of carbonyl (C=O) groups is 1. The van der Waals surface area contributed by atoms with Crippen molar-refractivity contribution in [1.82, 2.24) is 5.32 Å². The third-order valence-corrected chi connectivity index (χ3v) is 3.38. The second-order valence-electron chi connectivity index (χ2n) is 4.69. The summed E-state index contributed by atoms with van der Waals surface area (Å²) in [6, 6.07) is 9.09. The monoisotopic (exact) mass is 273 g/mol. The van der Waals surface area contributed by atoms with E-state index >= 15 is 0 Å². The van der Waals surface area contributed by atoms with Crippen LogP contribution >= 0.6 is 0 Å². The number of nitrogens with one attached hydrogen (secondary N) is 1. The Morgan fingerprint density at radius 2 is 2.00 bits per heavy atom. The number of aryl methyl sites for hydroxylation is 2. The summed E-state index contributed by atoms with van der Waals surface area (Å²) < 4.78 is 5.11. The highest BCUT2D eigenvalue weighted by atomic mass is 16.3. The van der Waals surface area contributed by atoms with E-state index in [1.54, 1.807) is 13.0 Å². The first-order valence-corrected chi connectivity index (χ1v) is 6.70. The summed E-state index contributed by atoms with van der Waals surface area (Å²) in [6.45, 7) is 3.68. The van der Waals surface area contributed by atoms with Gasteiger partial charge in [0.1, 0.15) is 5.76 Å². The minimum absolute atomic E-state index is 0.145. The lowest BCUT2D eigenvalue weighted by Crippen LogP contribution is -2.30. The van der Waals surface area contributed by atoms with Crippen molar-refractivity contribution in [2.45, 2.75) is 26.3 Å². The van der Waals surface area contributed by atoms with Crippen molar-refractivity contribution in [3.05, 3.63) is 59.0 Å². The lowest BCUT2D eigenvalue weighted by atomic mass is 10.0. The van der Waals surface area contributed by atoms with Crippen molar-refractivity contribution in [2.75, 3.05) is 6.61 Å². The van der Waals surface area contributed by atoms with Gasteiger partial charge in [0.2, 0.25) is 0 Å². The average molecular weight is 273 g/mol. The van der Waals surface area contributed by atoms with Crippen molar-refractivity contribution < 1.29 is 14.3 Å². The minimum Gasteiger partial charge on any atom is -0.469 e. The number of aliphatic hydroxyl groups is 1. The fraction of sp³-hybridized carbons (Fsp3) is 0.312. The van der Waals surface area contributed by atoms with Crippen LogP contribution in [-0.4, -0.2) is 17.6 Å². The highest BCUT2D eigenvalue weighted by Crippen LogP contribution is 2.16. The van der Waals surface area contributed by atoms with Crippen molar-refractivity contribution >= 4 is 5.91 Å². The number of benzene rings is 1. The van der Waals surface area contributed by atoms with Crippen LogP contribution < -0.4 is 5.32 Å². The zero-order chi connectivity index (χ0) is 14.5. The van der Waals surface area contributed by atoms with Crippen LogP contribution in [0.3, 0.4) is 0 Å². The standard InChI is InChI=1S/C16H19NO3/c1-3-12-4-6-13(7-5-12)15(10-18)17-16(19)14-8-9-20-11(14)2/h4-9,15,18H,3,10H2,1-2H3,(H,17,19). The molecule has 2 N–H and O–H groups in total. The molecule has 20 heavy (non-hydrogen) atoms. The Balaban J connectivity index is 2.12. The Bertz CT molecular complexity index is 572. The Labute approximate surface area is 118 Å². The molecule has 0 saturated heterocycles. The molecule has 0 spiro atoms. The summed E-state index contributed by atoms with van der Waals surface area (Å²) >= 11 is 0. The number of rotatable bonds is 5. The first-order valence-electron chi connectivity index (χ1n) is 6.70. The largest absolute Gasteiger partial charge is 0.469 e. The smallest absolute Gasteiger partial charge is 0.255 e. The van der Waals surface area contributed by atoms with Crippen LogP contribution in [0.2, 0.25) is 0 Å². The summed E-state index contributed by atoms with van der Waals surface area (Å²) in [5, 5.41) is 12.3. The van der Waals surface area contributed by atoms with Gasteiger partial charge < -0.3 is 14.8 Å². The van der Waals surface area contributed by atoms with Crippen LogP contribution in [0, 0.1) is 6.92 Å². The van der Waals surface area contributed by atoms with Crippen LogP contribution in [0.15, 0.2) is 41.0 Å². The lowest BCUT2D eigenvalue weighted by Gasteiger charge is -2.17. The van der Waals surface area contributed by atoms with Gasteiger partial charge in [0.05, 0.1) is 24.5 Å². The molecule has 4 heteroatoms. The molecule has 1 aromatic heterocycles. The third kappa shape index (κ3) is 3.08. The highest BCUT2D eigenvalue weighted by molar-refractivity contribution is 5.95. The van der Waals surface area contributed by atoms with Gasteiger partial charge in [-0.25, -0.2) is 0 Å². The summed E-state index contributed by atoms with van der Waals surface area (Å²) in [6.07, 6.45) is 2.44. The summed E-state index contributed by atoms with van der Waals surface area (Å²) in [7, 11) is 0. The van der Waals surface area contributed by atoms with Crippen molar-refractivity contribution in [2.24, 2.45) is 0 Å². The molecule has 0 aliphatic carbocycles. The molecule has 106 valence electrons. The molecule has 1 atom stereocenters. The van der Waals surface area contributed by atoms with E-state index in [9.17, 15) is 9.90 Å². The van der Waals surface area contributed by atoms with E-state index in [4.69, 9.17) is 4.42 Å². The van der Waals surface area contributed by atoms with Crippen LogP contribution in [-0.2, 0) is 6.42 Å². The predicted molar refractivity (Wildman–Crippen MR) is 76.6 cm³/mol. The number of carbonyl (C=O) groups excluding carboxylic acids is 1. The molecule has 0 aliphatic rings. The van der Waals surface area contributed by atoms with Gasteiger partial charge >= 0.3 is 0 Å². The maximum atomic E-state index is 12.1. The van der Waals surface area contributed by atoms with Gasteiger partial charge in [0, 0.05) is 0 Å². The van der Waals surface area contributed by atoms with Gasteiger partial charge in [0.25, 0.3) is 5.91 Å². The Kier molecular flexibility index (Phi) is 4.58. The van der Waals surface area contributed by atoms with E-state index in [2.05, 4.69) is 12.2 Å². The predicted octanol–water partition coefficient (Wildman–Crippen LogP) is 2.61. The fourth-order valence-corrected chi connectivity index (χ4v) is 2.08. The summed E-state index contributed by atoms with van der Waals surface area (Å²) in [4.78, 5) is 12.1. The molecular weight excluding hydrogens is 254 g/mol. The molecule has 1 unspecified atom stereocenters. The average Bonchev–Trinajstić information content (AvgIpc) is 2.91. The topological polar surface area (TPSA) is 62.5 Å². The van der Waals surface area contributed by atoms with Gasteiger partial charge in [-0.05, 0) is 30.5 Å². The second kappa shape index (κ2) is 6.39. The van der Waals surface area contributed by atoms with Crippen molar-refractivity contribution in [1.29, 1.82) is 0 Å². The number of amides is 1. The molecule has 2 rings (SSSR count). The van der Waals surface area contributed by atoms with Crippen molar-refractivity contribution in [3.63, 3.8) is 0 Å². The Hall–Kier alpha value is -2.07. The van der Waals surface area contributed by atoms with Gasteiger partial charge in [-0.1, -0.05) is 31.2 Å². The van der Waals surface area contributed by atoms with Crippen molar-refractivity contribution in [3.8, 4) is 0 Å². The van der Waals surface area contributed by atoms with Crippen LogP contribution in [0.4, 0.5) is 0 Å². The minimum atomic E-state index is -0.414. The first kappa shape index (κ1) is 14.3. The van der Waals surface area contributed by atoms with Gasteiger partial charge in [0.15, 0.2) is 0 Å². The third-order valence-electron chi connectivity index (χ3n) is 3.38. The number of furan rings is 1. The van der Waals surface area contributed by atoms with Gasteiger partial charge in [-0.15, -0.1) is 0 Å². The van der Waals surface area contributed by atoms with Crippen LogP contribution in [0.5, 0.6) is 0 Å². The molecule has 2 aromatic rings. The summed E-state index contributed by atoms with van der Waals surface area (Å²) in [5.74, 6) is 0.329. The second-order valence-corrected chi connectivity index (χ2v) is 4.69. The maximum absolute atomic E-state index is 12.1. The molecule has 0 saturated carbocycles. The normalized spacial score (nSPS) is 12.2. The van der Waals surface area contributed by atoms with Gasteiger partial charge in [-0.3, -0.25) is 4.79 Å². The lowest BCUT2D eigenvalue weighted by molar-refractivity contribution is 0.0914. The SMILES string of the molecule is CCc1ccc(C(CO)NC(=O)c2ccoc2C)cc1. The Morgan fingerprint density at radius 1 is 1.30 bits per heavy atom. The van der Waals surface area contributed by atoms with E-state index < -0.39 is 6.04 Å². The number of aliphatic hydroxyl groups excluding tert-OH is 1. The quantitative estimate of drug-likeness (QED) is 0.880. The molecule has 0 bridgehead atoms. The van der Waals surface area contributed by atoms with Crippen LogP contribution in [0.1, 0.15) is 40.2 Å². The molecule has 1 amide bonds. The molecule has 4 nitrogen and oxygen atoms in total. The van der Waals surface area contributed by atoms with E-state index in [1.165, 1.54) is 11.8 Å². The maximum Gasteiger partial charge on any atom is 0.255 e. The zero-order valence-corrected chi connectivity index (χ0v) is 11.7. The Morgan fingerprint density at radius 3 is 2.50 bits per heavy atom. The van der Waals surface area contributed by atoms with E-state index in [-0.39, 0.29) is 12.5 Å². The fourth-order valence-electron chi connectivity index (χ4n) is 2.08. The van der Waals surface area contributed by atoms with E-state index in [0.29, 0.717) is 11.3 Å². The summed E-state index contributed by atoms with van der Waals surface area (Å²) in [5.41, 5.74) is 2.61. The van der Waals surface area contributed by atoms with Crippen LogP contribution in [0.25, 0.3) is 0 Å². The van der Waals surface area contributed by atoms with E-state index in [0.717, 1.165) is 12.0 Å².